The van der Waals surface area contributed by atoms with E-state index in [2.05, 4.69) is 0 Å². The van der Waals surface area contributed by atoms with E-state index in [1.54, 1.807) is 6.92 Å². The van der Waals surface area contributed by atoms with Crippen molar-refractivity contribution in [1.82, 2.24) is 0 Å². The van der Waals surface area contributed by atoms with Crippen LogP contribution in [0.5, 0.6) is 11.5 Å². The minimum atomic E-state index is -4.02. The van der Waals surface area contributed by atoms with Crippen molar-refractivity contribution in [2.75, 3.05) is 12.4 Å². The molecule has 0 aliphatic carbocycles. The van der Waals surface area contributed by atoms with Gasteiger partial charge in [-0.25, -0.2) is 4.57 Å². The van der Waals surface area contributed by atoms with E-state index < -0.39 is 16.9 Å². The Morgan fingerprint density at radius 2 is 1.61 bits per heavy atom. The summed E-state index contributed by atoms with van der Waals surface area (Å²) in [5.41, 5.74) is 0. The average Bonchev–Trinajstić information content (AvgIpc) is 2.64. The quantitative estimate of drug-likeness (QED) is 0.223. The van der Waals surface area contributed by atoms with Crippen molar-refractivity contribution in [3.05, 3.63) is 53.6 Å². The largest absolute Gasteiger partial charge is 0.440 e. The summed E-state index contributed by atoms with van der Waals surface area (Å²) in [6.45, 7) is 0.661. The summed E-state index contributed by atoms with van der Waals surface area (Å²) in [5.74, 6) is 1.05. The SMILES string of the molecule is CCCCSP(=O)(OCC)Oc1ccc(S(=O)(=O)Oc2ccc(Cl)cc2)cc1. The molecule has 0 spiro atoms. The van der Waals surface area contributed by atoms with Crippen molar-refractivity contribution in [2.45, 2.75) is 31.6 Å². The minimum absolute atomic E-state index is 0.0559. The molecule has 28 heavy (non-hydrogen) atoms. The van der Waals surface area contributed by atoms with Crippen molar-refractivity contribution in [3.63, 3.8) is 0 Å². The van der Waals surface area contributed by atoms with E-state index in [4.69, 9.17) is 24.8 Å². The fourth-order valence-corrected chi connectivity index (χ4v) is 6.62. The van der Waals surface area contributed by atoms with Gasteiger partial charge in [0.1, 0.15) is 16.4 Å². The first-order chi connectivity index (χ1) is 13.3. The first-order valence-electron chi connectivity index (χ1n) is 8.67. The molecular weight excluding hydrogens is 443 g/mol. The van der Waals surface area contributed by atoms with E-state index >= 15 is 0 Å². The molecular formula is C18H22ClO6PS2. The molecule has 154 valence electrons. The Hall–Kier alpha value is -1.18. The van der Waals surface area contributed by atoms with Crippen LogP contribution in [0.15, 0.2) is 53.4 Å². The summed E-state index contributed by atoms with van der Waals surface area (Å²) in [5, 5.41) is 0.474. The van der Waals surface area contributed by atoms with E-state index in [9.17, 15) is 13.0 Å². The predicted octanol–water partition coefficient (Wildman–Crippen LogP) is 6.16. The van der Waals surface area contributed by atoms with Crippen LogP contribution in [-0.2, 0) is 19.2 Å². The highest BCUT2D eigenvalue weighted by atomic mass is 35.5. The topological polar surface area (TPSA) is 78.9 Å². The number of hydrogen-bond acceptors (Lipinski definition) is 7. The lowest BCUT2D eigenvalue weighted by Crippen LogP contribution is -2.09. The molecule has 0 fully saturated rings. The summed E-state index contributed by atoms with van der Waals surface area (Å²) in [4.78, 5) is -0.0559. The van der Waals surface area contributed by atoms with E-state index in [0.717, 1.165) is 24.2 Å². The van der Waals surface area contributed by atoms with Gasteiger partial charge in [0, 0.05) is 10.8 Å². The van der Waals surface area contributed by atoms with E-state index in [-0.39, 0.29) is 23.0 Å². The molecule has 10 heteroatoms. The zero-order valence-corrected chi connectivity index (χ0v) is 18.8. The maximum Gasteiger partial charge on any atom is 0.440 e. The lowest BCUT2D eigenvalue weighted by molar-refractivity contribution is 0.296. The smallest absolute Gasteiger partial charge is 0.417 e. The third kappa shape index (κ3) is 7.01. The molecule has 1 unspecified atom stereocenters. The molecule has 0 N–H and O–H groups in total. The van der Waals surface area contributed by atoms with E-state index in [1.807, 2.05) is 6.92 Å². The summed E-state index contributed by atoms with van der Waals surface area (Å²) in [6, 6.07) is 11.5. The Morgan fingerprint density at radius 1 is 1.00 bits per heavy atom. The molecule has 6 nitrogen and oxygen atoms in total. The molecule has 0 amide bonds. The Kier molecular flexibility index (Phi) is 8.71. The second-order valence-electron chi connectivity index (χ2n) is 5.61. The maximum atomic E-state index is 12.8. The Labute approximate surface area is 174 Å². The van der Waals surface area contributed by atoms with Crippen molar-refractivity contribution in [1.29, 1.82) is 0 Å². The summed E-state index contributed by atoms with van der Waals surface area (Å²) >= 11 is 6.92. The molecule has 2 rings (SSSR count). The second kappa shape index (κ2) is 10.6. The number of benzene rings is 2. The summed E-state index contributed by atoms with van der Waals surface area (Å²) in [7, 11) is -4.02. The molecule has 0 radical (unpaired) electrons. The second-order valence-corrected chi connectivity index (χ2v) is 11.7. The zero-order chi connectivity index (χ0) is 20.6. The van der Waals surface area contributed by atoms with Crippen LogP contribution in [0.3, 0.4) is 0 Å². The molecule has 2 aromatic carbocycles. The summed E-state index contributed by atoms with van der Waals surface area (Å²) < 4.78 is 53.5. The van der Waals surface area contributed by atoms with Gasteiger partial charge in [-0.3, -0.25) is 4.52 Å². The lowest BCUT2D eigenvalue weighted by atomic mass is 10.3. The highest BCUT2D eigenvalue weighted by Gasteiger charge is 2.27. The Balaban J connectivity index is 2.10. The average molecular weight is 465 g/mol. The molecule has 0 aromatic heterocycles. The van der Waals surface area contributed by atoms with Gasteiger partial charge in [0.15, 0.2) is 0 Å². The van der Waals surface area contributed by atoms with Gasteiger partial charge < -0.3 is 8.71 Å². The third-order valence-corrected chi connectivity index (χ3v) is 8.73. The molecule has 0 bridgehead atoms. The highest BCUT2D eigenvalue weighted by molar-refractivity contribution is 8.55. The molecule has 2 aromatic rings. The van der Waals surface area contributed by atoms with Crippen LogP contribution >= 0.6 is 29.8 Å². The van der Waals surface area contributed by atoms with Crippen LogP contribution in [0.2, 0.25) is 5.02 Å². The highest BCUT2D eigenvalue weighted by Crippen LogP contribution is 2.60. The predicted molar refractivity (Wildman–Crippen MR) is 113 cm³/mol. The Bertz CT molecular complexity index is 901. The van der Waals surface area contributed by atoms with Crippen LogP contribution in [0.25, 0.3) is 0 Å². The number of hydrogen-bond donors (Lipinski definition) is 0. The summed E-state index contributed by atoms with van der Waals surface area (Å²) in [6.07, 6.45) is 1.86. The van der Waals surface area contributed by atoms with Gasteiger partial charge in [0.25, 0.3) is 0 Å². The van der Waals surface area contributed by atoms with Gasteiger partial charge in [-0.1, -0.05) is 24.9 Å². The molecule has 0 saturated heterocycles. The molecule has 0 aliphatic rings. The third-order valence-electron chi connectivity index (χ3n) is 3.38. The van der Waals surface area contributed by atoms with Gasteiger partial charge in [-0.15, -0.1) is 0 Å². The standard InChI is InChI=1S/C18H22ClO6PS2/c1-3-5-14-27-26(20,23-4-2)24-16-10-12-18(13-11-16)28(21,22)25-17-8-6-15(19)7-9-17/h6-13H,3-5,14H2,1-2H3. The van der Waals surface area contributed by atoms with Crippen LogP contribution in [-0.4, -0.2) is 20.8 Å². The molecule has 1 atom stereocenters. The Morgan fingerprint density at radius 3 is 2.18 bits per heavy atom. The van der Waals surface area contributed by atoms with Crippen molar-refractivity contribution >= 4 is 39.9 Å². The van der Waals surface area contributed by atoms with Crippen LogP contribution in [0, 0.1) is 0 Å². The van der Waals surface area contributed by atoms with Crippen molar-refractivity contribution in [3.8, 4) is 11.5 Å². The number of rotatable bonds is 11. The van der Waals surface area contributed by atoms with Crippen LogP contribution in [0.4, 0.5) is 0 Å². The molecule has 0 saturated carbocycles. The van der Waals surface area contributed by atoms with Gasteiger partial charge in [0.05, 0.1) is 6.61 Å². The van der Waals surface area contributed by atoms with Gasteiger partial charge in [-0.05, 0) is 73.3 Å². The maximum absolute atomic E-state index is 12.8. The van der Waals surface area contributed by atoms with Gasteiger partial charge in [-0.2, -0.15) is 8.42 Å². The first kappa shape index (κ1) is 23.1. The fraction of sp³-hybridized carbons (Fsp3) is 0.333. The van der Waals surface area contributed by atoms with Crippen molar-refractivity contribution in [2.24, 2.45) is 0 Å². The first-order valence-corrected chi connectivity index (χ1v) is 13.6. The number of halogens is 1. The minimum Gasteiger partial charge on any atom is -0.417 e. The van der Waals surface area contributed by atoms with Gasteiger partial charge >= 0.3 is 16.9 Å². The molecule has 0 heterocycles. The molecule has 0 aliphatic heterocycles. The van der Waals surface area contributed by atoms with Crippen LogP contribution in [0.1, 0.15) is 26.7 Å². The van der Waals surface area contributed by atoms with Crippen LogP contribution < -0.4 is 8.71 Å². The van der Waals surface area contributed by atoms with Crippen molar-refractivity contribution < 1.29 is 26.2 Å². The lowest BCUT2D eigenvalue weighted by Gasteiger charge is -2.17. The van der Waals surface area contributed by atoms with E-state index in [0.29, 0.717) is 10.8 Å². The zero-order valence-electron chi connectivity index (χ0n) is 15.5. The fourth-order valence-electron chi connectivity index (χ4n) is 2.03. The van der Waals surface area contributed by atoms with Gasteiger partial charge in [0.2, 0.25) is 0 Å². The number of unbranched alkanes of at least 4 members (excludes halogenated alkanes) is 1. The monoisotopic (exact) mass is 464 g/mol. The van der Waals surface area contributed by atoms with E-state index in [1.165, 1.54) is 48.5 Å². The normalized spacial score (nSPS) is 13.7.